The number of rotatable bonds is 5. The Kier molecular flexibility index (Phi) is 5.62. The van der Waals surface area contributed by atoms with Crippen molar-refractivity contribution in [2.24, 2.45) is 0 Å². The van der Waals surface area contributed by atoms with Crippen LogP contribution in [0.1, 0.15) is 6.42 Å². The number of benzene rings is 3. The molecule has 0 saturated carbocycles. The van der Waals surface area contributed by atoms with E-state index in [9.17, 15) is 13.2 Å². The van der Waals surface area contributed by atoms with Crippen molar-refractivity contribution in [1.82, 2.24) is 9.71 Å². The monoisotopic (exact) mass is 477 g/mol. The van der Waals surface area contributed by atoms with Crippen LogP contribution in [0.15, 0.2) is 90.0 Å². The van der Waals surface area contributed by atoms with Crippen LogP contribution in [-0.2, 0) is 14.8 Å². The summed E-state index contributed by atoms with van der Waals surface area (Å²) in [5.41, 5.74) is 1.98. The van der Waals surface area contributed by atoms with Gasteiger partial charge in [0.15, 0.2) is 0 Å². The van der Waals surface area contributed by atoms with Crippen molar-refractivity contribution in [3.05, 3.63) is 90.1 Å². The molecule has 8 heteroatoms. The van der Waals surface area contributed by atoms with Crippen molar-refractivity contribution in [3.63, 3.8) is 0 Å². The first-order chi connectivity index (χ1) is 15.9. The number of amides is 1. The van der Waals surface area contributed by atoms with Crippen LogP contribution in [0.2, 0.25) is 5.02 Å². The van der Waals surface area contributed by atoms with Gasteiger partial charge in [0.1, 0.15) is 11.9 Å². The molecular formula is C25H20ClN3O3S. The van der Waals surface area contributed by atoms with Gasteiger partial charge >= 0.3 is 0 Å². The number of carbonyl (C=O) groups excluding carboxylic acids is 1. The van der Waals surface area contributed by atoms with Gasteiger partial charge in [0.2, 0.25) is 15.9 Å². The molecule has 5 rings (SSSR count). The Labute approximate surface area is 196 Å². The Balaban J connectivity index is 1.32. The van der Waals surface area contributed by atoms with Gasteiger partial charge in [-0.25, -0.2) is 13.4 Å². The molecule has 4 aromatic rings. The summed E-state index contributed by atoms with van der Waals surface area (Å²) in [6.07, 6.45) is 2.08. The average molecular weight is 478 g/mol. The fourth-order valence-corrected chi connectivity index (χ4v) is 5.42. The molecule has 0 bridgehead atoms. The molecular weight excluding hydrogens is 458 g/mol. The fraction of sp³-hybridized carbons (Fsp3) is 0.120. The van der Waals surface area contributed by atoms with Crippen LogP contribution in [0.25, 0.3) is 21.9 Å². The number of sulfonamides is 1. The molecule has 1 saturated heterocycles. The molecule has 33 heavy (non-hydrogen) atoms. The van der Waals surface area contributed by atoms with Crippen LogP contribution in [-0.4, -0.2) is 31.9 Å². The summed E-state index contributed by atoms with van der Waals surface area (Å²) in [7, 11) is -3.88. The van der Waals surface area contributed by atoms with Crippen LogP contribution >= 0.6 is 11.6 Å². The third kappa shape index (κ3) is 4.35. The molecule has 166 valence electrons. The van der Waals surface area contributed by atoms with E-state index in [-0.39, 0.29) is 10.8 Å². The third-order valence-electron chi connectivity index (χ3n) is 5.72. The molecule has 1 aliphatic heterocycles. The number of nitrogens with one attached hydrogen (secondary N) is 1. The van der Waals surface area contributed by atoms with E-state index in [2.05, 4.69) is 9.71 Å². The van der Waals surface area contributed by atoms with Crippen LogP contribution in [0.5, 0.6) is 0 Å². The Morgan fingerprint density at radius 3 is 2.42 bits per heavy atom. The Morgan fingerprint density at radius 1 is 0.909 bits per heavy atom. The summed E-state index contributed by atoms with van der Waals surface area (Å²) in [4.78, 5) is 19.0. The van der Waals surface area contributed by atoms with Crippen LogP contribution in [0, 0.1) is 0 Å². The minimum Gasteiger partial charge on any atom is -0.295 e. The number of aromatic nitrogens is 1. The van der Waals surface area contributed by atoms with E-state index in [1.165, 1.54) is 11.0 Å². The van der Waals surface area contributed by atoms with Crippen LogP contribution < -0.4 is 9.62 Å². The molecule has 1 N–H and O–H groups in total. The van der Waals surface area contributed by atoms with E-state index in [1.54, 1.807) is 42.6 Å². The third-order valence-corrected chi connectivity index (χ3v) is 7.42. The predicted octanol–water partition coefficient (Wildman–Crippen LogP) is 4.64. The highest BCUT2D eigenvalue weighted by atomic mass is 35.5. The minimum absolute atomic E-state index is 0.105. The number of pyridine rings is 1. The average Bonchev–Trinajstić information content (AvgIpc) is 3.18. The van der Waals surface area contributed by atoms with E-state index in [0.717, 1.165) is 21.9 Å². The number of halogens is 1. The van der Waals surface area contributed by atoms with Crippen LogP contribution in [0.4, 0.5) is 5.82 Å². The van der Waals surface area contributed by atoms with E-state index < -0.39 is 16.1 Å². The molecule has 1 aromatic heterocycles. The SMILES string of the molecule is O=C1[C@@H](NS(=O)(=O)c2ccc3cc(Cl)ccc3c2)CCN1c1ccc(-c2ccccc2)cn1. The van der Waals surface area contributed by atoms with Crippen molar-refractivity contribution in [3.8, 4) is 11.1 Å². The summed E-state index contributed by atoms with van der Waals surface area (Å²) in [5, 5.41) is 2.18. The Morgan fingerprint density at radius 2 is 1.67 bits per heavy atom. The lowest BCUT2D eigenvalue weighted by Crippen LogP contribution is -2.41. The lowest BCUT2D eigenvalue weighted by atomic mass is 10.1. The summed E-state index contributed by atoms with van der Waals surface area (Å²) < 4.78 is 28.5. The van der Waals surface area contributed by atoms with Crippen molar-refractivity contribution >= 4 is 44.1 Å². The van der Waals surface area contributed by atoms with Gasteiger partial charge in [-0.2, -0.15) is 4.72 Å². The lowest BCUT2D eigenvalue weighted by molar-refractivity contribution is -0.118. The second kappa shape index (κ2) is 8.59. The first-order valence-electron chi connectivity index (χ1n) is 10.5. The smallest absolute Gasteiger partial charge is 0.246 e. The molecule has 0 aliphatic carbocycles. The second-order valence-electron chi connectivity index (χ2n) is 7.88. The van der Waals surface area contributed by atoms with E-state index >= 15 is 0 Å². The lowest BCUT2D eigenvalue weighted by Gasteiger charge is -2.17. The van der Waals surface area contributed by atoms with Crippen molar-refractivity contribution in [2.75, 3.05) is 11.4 Å². The first-order valence-corrected chi connectivity index (χ1v) is 12.3. The van der Waals surface area contributed by atoms with Gasteiger partial charge in [0, 0.05) is 23.3 Å². The Hall–Kier alpha value is -3.26. The van der Waals surface area contributed by atoms with Gasteiger partial charge < -0.3 is 0 Å². The predicted molar refractivity (Wildman–Crippen MR) is 130 cm³/mol. The summed E-state index contributed by atoms with van der Waals surface area (Å²) >= 11 is 6.00. The molecule has 0 spiro atoms. The molecule has 0 unspecified atom stereocenters. The largest absolute Gasteiger partial charge is 0.295 e. The van der Waals surface area contributed by atoms with Crippen molar-refractivity contribution < 1.29 is 13.2 Å². The van der Waals surface area contributed by atoms with Crippen LogP contribution in [0.3, 0.4) is 0 Å². The number of hydrogen-bond acceptors (Lipinski definition) is 4. The maximum absolute atomic E-state index is 13.0. The highest BCUT2D eigenvalue weighted by molar-refractivity contribution is 7.89. The second-order valence-corrected chi connectivity index (χ2v) is 10.0. The normalized spacial score (nSPS) is 16.5. The number of hydrogen-bond donors (Lipinski definition) is 1. The first kappa shape index (κ1) is 21.6. The highest BCUT2D eigenvalue weighted by Crippen LogP contribution is 2.26. The number of nitrogens with zero attached hydrogens (tertiary/aromatic N) is 2. The number of fused-ring (bicyclic) bond motifs is 1. The van der Waals surface area contributed by atoms with Gasteiger partial charge in [-0.3, -0.25) is 9.69 Å². The molecule has 1 amide bonds. The van der Waals surface area contributed by atoms with Gasteiger partial charge in [0.25, 0.3) is 0 Å². The molecule has 2 heterocycles. The molecule has 0 radical (unpaired) electrons. The maximum atomic E-state index is 13.0. The van der Waals surface area contributed by atoms with Gasteiger partial charge in [0.05, 0.1) is 4.90 Å². The van der Waals surface area contributed by atoms with E-state index in [0.29, 0.717) is 23.8 Å². The quantitative estimate of drug-likeness (QED) is 0.454. The zero-order chi connectivity index (χ0) is 23.0. The highest BCUT2D eigenvalue weighted by Gasteiger charge is 2.36. The van der Waals surface area contributed by atoms with Crippen molar-refractivity contribution in [1.29, 1.82) is 0 Å². The maximum Gasteiger partial charge on any atom is 0.246 e. The summed E-state index contributed by atoms with van der Waals surface area (Å²) in [5.74, 6) is 0.190. The van der Waals surface area contributed by atoms with Crippen molar-refractivity contribution in [2.45, 2.75) is 17.4 Å². The van der Waals surface area contributed by atoms with E-state index in [4.69, 9.17) is 11.6 Å². The molecule has 3 aromatic carbocycles. The zero-order valence-corrected chi connectivity index (χ0v) is 19.1. The zero-order valence-electron chi connectivity index (χ0n) is 17.5. The molecule has 1 aliphatic rings. The Bertz CT molecular complexity index is 1440. The minimum atomic E-state index is -3.88. The standard InChI is InChI=1S/C25H20ClN3O3S/c26-21-9-6-19-15-22(10-7-18(19)14-21)33(31,32)28-23-12-13-29(25(23)30)24-11-8-20(16-27-24)17-4-2-1-3-5-17/h1-11,14-16,23,28H,12-13H2/t23-/m0/s1. The summed E-state index contributed by atoms with van der Waals surface area (Å²) in [6.45, 7) is 0.389. The molecule has 6 nitrogen and oxygen atoms in total. The van der Waals surface area contributed by atoms with Gasteiger partial charge in [-0.15, -0.1) is 0 Å². The summed E-state index contributed by atoms with van der Waals surface area (Å²) in [6, 6.07) is 22.7. The van der Waals surface area contributed by atoms with E-state index in [1.807, 2.05) is 36.4 Å². The number of anilines is 1. The van der Waals surface area contributed by atoms with Gasteiger partial charge in [-0.05, 0) is 59.2 Å². The fourth-order valence-electron chi connectivity index (χ4n) is 3.98. The molecule has 1 fully saturated rings. The molecule has 1 atom stereocenters. The topological polar surface area (TPSA) is 79.4 Å². The van der Waals surface area contributed by atoms with Gasteiger partial charge in [-0.1, -0.05) is 54.1 Å². The number of carbonyl (C=O) groups is 1.